The molecule has 0 bridgehead atoms. The maximum absolute atomic E-state index is 4.36. The molecule has 0 fully saturated rings. The van der Waals surface area contributed by atoms with Crippen molar-refractivity contribution in [2.75, 3.05) is 6.54 Å². The summed E-state index contributed by atoms with van der Waals surface area (Å²) in [5.41, 5.74) is 2.94. The number of fused-ring (bicyclic) bond motifs is 1. The van der Waals surface area contributed by atoms with Crippen molar-refractivity contribution in [2.24, 2.45) is 7.05 Å². The highest BCUT2D eigenvalue weighted by atomic mass is 15.6. The topological polar surface area (TPSA) is 81.4 Å². The fourth-order valence-corrected chi connectivity index (χ4v) is 2.34. The molecule has 1 unspecified atom stereocenters. The number of likely N-dealkylation sites (N-methyl/N-ethyl adjacent to an activating group) is 1. The quantitative estimate of drug-likeness (QED) is 0.753. The van der Waals surface area contributed by atoms with Crippen LogP contribution >= 0.6 is 0 Å². The van der Waals surface area contributed by atoms with Crippen LogP contribution in [-0.4, -0.2) is 36.7 Å². The van der Waals surface area contributed by atoms with Gasteiger partial charge in [0.25, 0.3) is 0 Å². The van der Waals surface area contributed by atoms with E-state index in [1.165, 1.54) is 4.80 Å². The van der Waals surface area contributed by atoms with Crippen LogP contribution < -0.4 is 5.32 Å². The summed E-state index contributed by atoms with van der Waals surface area (Å²) in [5, 5.41) is 15.6. The lowest BCUT2D eigenvalue weighted by molar-refractivity contribution is 0.535. The Hall–Kier alpha value is -2.41. The minimum atomic E-state index is 0.130. The van der Waals surface area contributed by atoms with Crippen molar-refractivity contribution in [3.63, 3.8) is 0 Å². The average Bonchev–Trinajstić information content (AvgIpc) is 2.91. The molecule has 0 saturated carbocycles. The van der Waals surface area contributed by atoms with Gasteiger partial charge in [0.05, 0.1) is 18.1 Å². The zero-order chi connectivity index (χ0) is 14.7. The number of aromatic nitrogens is 6. The van der Waals surface area contributed by atoms with Gasteiger partial charge < -0.3 is 5.32 Å². The molecule has 0 saturated heterocycles. The first-order valence-corrected chi connectivity index (χ1v) is 6.93. The van der Waals surface area contributed by atoms with Crippen molar-refractivity contribution in [1.29, 1.82) is 0 Å². The van der Waals surface area contributed by atoms with Crippen LogP contribution in [0, 0.1) is 0 Å². The SMILES string of the molecule is CCNC(Cc1nnn(C)n1)c1ccc2nccnc2c1. The van der Waals surface area contributed by atoms with Crippen LogP contribution in [0.1, 0.15) is 24.4 Å². The molecule has 0 aliphatic rings. The summed E-state index contributed by atoms with van der Waals surface area (Å²) in [6, 6.07) is 6.25. The van der Waals surface area contributed by atoms with Gasteiger partial charge in [-0.15, -0.1) is 10.2 Å². The van der Waals surface area contributed by atoms with Gasteiger partial charge in [-0.3, -0.25) is 9.97 Å². The van der Waals surface area contributed by atoms with Gasteiger partial charge in [-0.25, -0.2) is 0 Å². The Balaban J connectivity index is 1.90. The van der Waals surface area contributed by atoms with Gasteiger partial charge in [0.2, 0.25) is 0 Å². The first-order chi connectivity index (χ1) is 10.3. The monoisotopic (exact) mass is 283 g/mol. The minimum absolute atomic E-state index is 0.130. The molecule has 7 heteroatoms. The molecule has 0 aliphatic heterocycles. The molecule has 3 aromatic rings. The van der Waals surface area contributed by atoms with E-state index in [1.807, 2.05) is 6.07 Å². The highest BCUT2D eigenvalue weighted by Crippen LogP contribution is 2.20. The van der Waals surface area contributed by atoms with Crippen LogP contribution in [0.15, 0.2) is 30.6 Å². The Kier molecular flexibility index (Phi) is 3.83. The van der Waals surface area contributed by atoms with Gasteiger partial charge in [-0.2, -0.15) is 4.80 Å². The van der Waals surface area contributed by atoms with E-state index in [1.54, 1.807) is 19.4 Å². The van der Waals surface area contributed by atoms with E-state index in [0.717, 1.165) is 29.0 Å². The van der Waals surface area contributed by atoms with Crippen LogP contribution in [0.5, 0.6) is 0 Å². The number of aryl methyl sites for hydroxylation is 1. The van der Waals surface area contributed by atoms with E-state index < -0.39 is 0 Å². The third kappa shape index (κ3) is 3.03. The van der Waals surface area contributed by atoms with Gasteiger partial charge in [-0.1, -0.05) is 13.0 Å². The molecule has 21 heavy (non-hydrogen) atoms. The Morgan fingerprint density at radius 2 is 2.00 bits per heavy atom. The lowest BCUT2D eigenvalue weighted by atomic mass is 10.0. The van der Waals surface area contributed by atoms with Gasteiger partial charge in [0.1, 0.15) is 0 Å². The molecule has 0 amide bonds. The van der Waals surface area contributed by atoms with Crippen LogP contribution in [-0.2, 0) is 13.5 Å². The molecule has 3 rings (SSSR count). The Bertz CT molecular complexity index is 737. The summed E-state index contributed by atoms with van der Waals surface area (Å²) in [4.78, 5) is 10.1. The molecule has 0 aliphatic carbocycles. The van der Waals surface area contributed by atoms with E-state index in [-0.39, 0.29) is 6.04 Å². The predicted octanol–water partition coefficient (Wildman–Crippen LogP) is 1.05. The van der Waals surface area contributed by atoms with Crippen molar-refractivity contribution >= 4 is 11.0 Å². The molecule has 1 aromatic carbocycles. The molecule has 2 aromatic heterocycles. The molecular formula is C14H17N7. The first-order valence-electron chi connectivity index (χ1n) is 6.93. The normalized spacial score (nSPS) is 12.7. The van der Waals surface area contributed by atoms with E-state index in [9.17, 15) is 0 Å². The number of hydrogen-bond donors (Lipinski definition) is 1. The average molecular weight is 283 g/mol. The number of nitrogens with zero attached hydrogens (tertiary/aromatic N) is 6. The zero-order valence-corrected chi connectivity index (χ0v) is 12.1. The Labute approximate surface area is 122 Å². The second kappa shape index (κ2) is 5.92. The van der Waals surface area contributed by atoms with Gasteiger partial charge in [0, 0.05) is 24.9 Å². The summed E-state index contributed by atoms with van der Waals surface area (Å²) >= 11 is 0. The molecular weight excluding hydrogens is 266 g/mol. The van der Waals surface area contributed by atoms with Crippen molar-refractivity contribution in [2.45, 2.75) is 19.4 Å². The molecule has 7 nitrogen and oxygen atoms in total. The largest absolute Gasteiger partial charge is 0.310 e. The molecule has 1 atom stereocenters. The van der Waals surface area contributed by atoms with E-state index in [2.05, 4.69) is 49.8 Å². The van der Waals surface area contributed by atoms with Gasteiger partial charge in [0.15, 0.2) is 5.82 Å². The smallest absolute Gasteiger partial charge is 0.176 e. The maximum Gasteiger partial charge on any atom is 0.176 e. The standard InChI is InChI=1S/C14H17N7/c1-3-15-12(9-14-18-20-21(2)19-14)10-4-5-11-13(8-10)17-7-6-16-11/h4-8,12,15H,3,9H2,1-2H3. The fraction of sp³-hybridized carbons (Fsp3) is 0.357. The highest BCUT2D eigenvalue weighted by Gasteiger charge is 2.15. The second-order valence-electron chi connectivity index (χ2n) is 4.81. The highest BCUT2D eigenvalue weighted by molar-refractivity contribution is 5.74. The van der Waals surface area contributed by atoms with E-state index in [4.69, 9.17) is 0 Å². The summed E-state index contributed by atoms with van der Waals surface area (Å²) in [5.74, 6) is 0.725. The van der Waals surface area contributed by atoms with Gasteiger partial charge in [-0.05, 0) is 29.5 Å². The summed E-state index contributed by atoms with van der Waals surface area (Å²) in [7, 11) is 1.77. The minimum Gasteiger partial charge on any atom is -0.310 e. The van der Waals surface area contributed by atoms with E-state index >= 15 is 0 Å². The predicted molar refractivity (Wildman–Crippen MR) is 78.5 cm³/mol. The Morgan fingerprint density at radius 1 is 1.19 bits per heavy atom. The number of hydrogen-bond acceptors (Lipinski definition) is 6. The third-order valence-electron chi connectivity index (χ3n) is 3.28. The number of tetrazole rings is 1. The molecule has 2 heterocycles. The molecule has 1 N–H and O–H groups in total. The van der Waals surface area contributed by atoms with E-state index in [0.29, 0.717) is 6.42 Å². The van der Waals surface area contributed by atoms with Gasteiger partial charge >= 0.3 is 0 Å². The Morgan fingerprint density at radius 3 is 2.71 bits per heavy atom. The van der Waals surface area contributed by atoms with Crippen LogP contribution in [0.3, 0.4) is 0 Å². The number of nitrogens with one attached hydrogen (secondary N) is 1. The summed E-state index contributed by atoms with van der Waals surface area (Å²) in [6.45, 7) is 2.95. The molecule has 0 radical (unpaired) electrons. The van der Waals surface area contributed by atoms with Crippen molar-refractivity contribution in [3.05, 3.63) is 42.0 Å². The van der Waals surface area contributed by atoms with Crippen LogP contribution in [0.4, 0.5) is 0 Å². The lowest BCUT2D eigenvalue weighted by Crippen LogP contribution is -2.23. The van der Waals surface area contributed by atoms with Crippen LogP contribution in [0.25, 0.3) is 11.0 Å². The van der Waals surface area contributed by atoms with Crippen molar-refractivity contribution < 1.29 is 0 Å². The molecule has 108 valence electrons. The lowest BCUT2D eigenvalue weighted by Gasteiger charge is -2.16. The summed E-state index contributed by atoms with van der Waals surface area (Å²) < 4.78 is 0. The summed E-state index contributed by atoms with van der Waals surface area (Å²) in [6.07, 6.45) is 4.10. The fourth-order valence-electron chi connectivity index (χ4n) is 2.34. The van der Waals surface area contributed by atoms with Crippen LogP contribution in [0.2, 0.25) is 0 Å². The third-order valence-corrected chi connectivity index (χ3v) is 3.28. The van der Waals surface area contributed by atoms with Crippen molar-refractivity contribution in [1.82, 2.24) is 35.5 Å². The molecule has 0 spiro atoms. The second-order valence-corrected chi connectivity index (χ2v) is 4.81. The number of rotatable bonds is 5. The zero-order valence-electron chi connectivity index (χ0n) is 12.1. The maximum atomic E-state index is 4.36. The number of benzene rings is 1. The van der Waals surface area contributed by atoms with Crippen molar-refractivity contribution in [3.8, 4) is 0 Å². The first kappa shape index (κ1) is 13.6.